The van der Waals surface area contributed by atoms with Crippen LogP contribution in [-0.2, 0) is 14.4 Å². The molecule has 1 fully saturated rings. The van der Waals surface area contributed by atoms with Crippen molar-refractivity contribution in [3.8, 4) is 0 Å². The smallest absolute Gasteiger partial charge is 0.337 e. The first-order valence-corrected chi connectivity index (χ1v) is 7.31. The summed E-state index contributed by atoms with van der Waals surface area (Å²) < 4.78 is 0. The highest BCUT2D eigenvalue weighted by Crippen LogP contribution is 2.25. The SMILES string of the molecule is Cc1ccc(N2CC(C(=O)NCC(C)(O)C(=O)O)CC2=O)cc1. The lowest BCUT2D eigenvalue weighted by atomic mass is 10.1. The van der Waals surface area contributed by atoms with Gasteiger partial charge in [0, 0.05) is 18.7 Å². The molecule has 1 heterocycles. The van der Waals surface area contributed by atoms with E-state index in [9.17, 15) is 19.5 Å². The minimum atomic E-state index is -2.03. The number of benzene rings is 1. The molecule has 0 bridgehead atoms. The summed E-state index contributed by atoms with van der Waals surface area (Å²) in [6.07, 6.45) is 0.0644. The van der Waals surface area contributed by atoms with Gasteiger partial charge in [0.05, 0.1) is 12.5 Å². The molecule has 1 aliphatic rings. The van der Waals surface area contributed by atoms with E-state index in [1.807, 2.05) is 31.2 Å². The molecule has 7 heteroatoms. The van der Waals surface area contributed by atoms with Gasteiger partial charge in [-0.3, -0.25) is 9.59 Å². The van der Waals surface area contributed by atoms with E-state index < -0.39 is 29.9 Å². The van der Waals surface area contributed by atoms with Crippen LogP contribution in [0.1, 0.15) is 18.9 Å². The van der Waals surface area contributed by atoms with Gasteiger partial charge in [-0.25, -0.2) is 4.79 Å². The average molecular weight is 320 g/mol. The van der Waals surface area contributed by atoms with Gasteiger partial charge in [0.1, 0.15) is 0 Å². The fourth-order valence-corrected chi connectivity index (χ4v) is 2.34. The fraction of sp³-hybridized carbons (Fsp3) is 0.438. The molecule has 2 amide bonds. The highest BCUT2D eigenvalue weighted by atomic mass is 16.4. The van der Waals surface area contributed by atoms with Gasteiger partial charge < -0.3 is 20.4 Å². The van der Waals surface area contributed by atoms with E-state index in [0.29, 0.717) is 0 Å². The molecule has 0 saturated carbocycles. The summed E-state index contributed by atoms with van der Waals surface area (Å²) in [7, 11) is 0. The number of aryl methyl sites for hydroxylation is 1. The maximum Gasteiger partial charge on any atom is 0.337 e. The number of carbonyl (C=O) groups is 3. The van der Waals surface area contributed by atoms with Crippen molar-refractivity contribution in [2.24, 2.45) is 5.92 Å². The summed E-state index contributed by atoms with van der Waals surface area (Å²) >= 11 is 0. The molecule has 23 heavy (non-hydrogen) atoms. The van der Waals surface area contributed by atoms with Gasteiger partial charge in [-0.05, 0) is 26.0 Å². The van der Waals surface area contributed by atoms with Gasteiger partial charge in [-0.15, -0.1) is 0 Å². The van der Waals surface area contributed by atoms with Gasteiger partial charge in [0.25, 0.3) is 0 Å². The highest BCUT2D eigenvalue weighted by molar-refractivity contribution is 6.00. The topological polar surface area (TPSA) is 107 Å². The summed E-state index contributed by atoms with van der Waals surface area (Å²) in [6.45, 7) is 2.88. The molecule has 2 atom stereocenters. The Morgan fingerprint density at radius 1 is 1.35 bits per heavy atom. The number of carboxylic acid groups (broad SMARTS) is 1. The van der Waals surface area contributed by atoms with E-state index in [2.05, 4.69) is 5.32 Å². The van der Waals surface area contributed by atoms with Crippen molar-refractivity contribution in [2.45, 2.75) is 25.9 Å². The normalized spacial score (nSPS) is 20.2. The van der Waals surface area contributed by atoms with Crippen molar-refractivity contribution in [1.82, 2.24) is 5.32 Å². The van der Waals surface area contributed by atoms with Gasteiger partial charge in [-0.1, -0.05) is 17.7 Å². The Hall–Kier alpha value is -2.41. The second kappa shape index (κ2) is 6.37. The Morgan fingerprint density at radius 3 is 2.52 bits per heavy atom. The van der Waals surface area contributed by atoms with Crippen LogP contribution in [0.15, 0.2) is 24.3 Å². The quantitative estimate of drug-likeness (QED) is 0.723. The molecule has 2 rings (SSSR count). The summed E-state index contributed by atoms with van der Waals surface area (Å²) in [6, 6.07) is 7.42. The van der Waals surface area contributed by atoms with Crippen LogP contribution in [0.5, 0.6) is 0 Å². The van der Waals surface area contributed by atoms with Crippen molar-refractivity contribution in [3.63, 3.8) is 0 Å². The van der Waals surface area contributed by atoms with Crippen LogP contribution in [-0.4, -0.2) is 46.7 Å². The second-order valence-corrected chi connectivity index (χ2v) is 6.04. The Labute approximate surface area is 133 Å². The van der Waals surface area contributed by atoms with E-state index in [4.69, 9.17) is 5.11 Å². The number of nitrogens with one attached hydrogen (secondary N) is 1. The molecular weight excluding hydrogens is 300 g/mol. The Bertz CT molecular complexity index is 624. The van der Waals surface area contributed by atoms with Gasteiger partial charge in [0.2, 0.25) is 11.8 Å². The third-order valence-corrected chi connectivity index (χ3v) is 3.91. The van der Waals surface area contributed by atoms with E-state index in [1.54, 1.807) is 4.90 Å². The molecule has 1 aliphatic heterocycles. The van der Waals surface area contributed by atoms with Crippen LogP contribution in [0.2, 0.25) is 0 Å². The predicted octanol–water partition coefficient (Wildman–Crippen LogP) is 0.300. The van der Waals surface area contributed by atoms with Crippen LogP contribution in [0.3, 0.4) is 0 Å². The molecule has 124 valence electrons. The first-order chi connectivity index (χ1) is 10.7. The predicted molar refractivity (Wildman–Crippen MR) is 82.9 cm³/mol. The molecular formula is C16H20N2O5. The molecule has 0 radical (unpaired) electrons. The Balaban J connectivity index is 1.98. The number of nitrogens with zero attached hydrogens (tertiary/aromatic N) is 1. The maximum atomic E-state index is 12.1. The lowest BCUT2D eigenvalue weighted by molar-refractivity contribution is -0.156. The monoisotopic (exact) mass is 320 g/mol. The first kappa shape index (κ1) is 17.0. The minimum absolute atomic E-state index is 0.0644. The van der Waals surface area contributed by atoms with Crippen molar-refractivity contribution in [3.05, 3.63) is 29.8 Å². The van der Waals surface area contributed by atoms with Crippen molar-refractivity contribution >= 4 is 23.5 Å². The maximum absolute atomic E-state index is 12.1. The number of hydrogen-bond donors (Lipinski definition) is 3. The lowest BCUT2D eigenvalue weighted by Gasteiger charge is -2.20. The van der Waals surface area contributed by atoms with Crippen LogP contribution in [0.25, 0.3) is 0 Å². The standard InChI is InChI=1S/C16H20N2O5/c1-10-3-5-12(6-4-10)18-8-11(7-13(18)19)14(20)17-9-16(2,23)15(21)22/h3-6,11,23H,7-9H2,1-2H3,(H,17,20)(H,21,22). The number of aliphatic carboxylic acids is 1. The van der Waals surface area contributed by atoms with Crippen molar-refractivity contribution < 1.29 is 24.6 Å². The molecule has 0 spiro atoms. The fourth-order valence-electron chi connectivity index (χ4n) is 2.34. The largest absolute Gasteiger partial charge is 0.479 e. The third kappa shape index (κ3) is 3.87. The zero-order valence-electron chi connectivity index (χ0n) is 13.1. The lowest BCUT2D eigenvalue weighted by Crippen LogP contribution is -2.48. The molecule has 2 unspecified atom stereocenters. The van der Waals surface area contributed by atoms with Crippen LogP contribution >= 0.6 is 0 Å². The van der Waals surface area contributed by atoms with Gasteiger partial charge in [-0.2, -0.15) is 0 Å². The number of amides is 2. The molecule has 1 aromatic carbocycles. The number of anilines is 1. The Kier molecular flexibility index (Phi) is 4.70. The molecule has 7 nitrogen and oxygen atoms in total. The molecule has 1 saturated heterocycles. The first-order valence-electron chi connectivity index (χ1n) is 7.31. The Morgan fingerprint density at radius 2 is 1.96 bits per heavy atom. The average Bonchev–Trinajstić information content (AvgIpc) is 2.87. The third-order valence-electron chi connectivity index (χ3n) is 3.91. The number of hydrogen-bond acceptors (Lipinski definition) is 4. The number of carboxylic acids is 1. The second-order valence-electron chi connectivity index (χ2n) is 6.04. The van der Waals surface area contributed by atoms with E-state index >= 15 is 0 Å². The van der Waals surface area contributed by atoms with Crippen LogP contribution in [0, 0.1) is 12.8 Å². The highest BCUT2D eigenvalue weighted by Gasteiger charge is 2.37. The summed E-state index contributed by atoms with van der Waals surface area (Å²) in [4.78, 5) is 36.5. The molecule has 1 aromatic rings. The number of carbonyl (C=O) groups excluding carboxylic acids is 2. The molecule has 0 aliphatic carbocycles. The minimum Gasteiger partial charge on any atom is -0.479 e. The number of aliphatic hydroxyl groups is 1. The summed E-state index contributed by atoms with van der Waals surface area (Å²) in [5, 5.41) is 20.8. The number of rotatable bonds is 5. The van der Waals surface area contributed by atoms with Crippen molar-refractivity contribution in [2.75, 3.05) is 18.0 Å². The van der Waals surface area contributed by atoms with Crippen molar-refractivity contribution in [1.29, 1.82) is 0 Å². The van der Waals surface area contributed by atoms with Crippen LogP contribution < -0.4 is 10.2 Å². The summed E-state index contributed by atoms with van der Waals surface area (Å²) in [5.74, 6) is -2.57. The van der Waals surface area contributed by atoms with E-state index in [1.165, 1.54) is 0 Å². The van der Waals surface area contributed by atoms with Gasteiger partial charge >= 0.3 is 5.97 Å². The van der Waals surface area contributed by atoms with E-state index in [-0.39, 0.29) is 18.9 Å². The zero-order valence-corrected chi connectivity index (χ0v) is 13.1. The zero-order chi connectivity index (χ0) is 17.2. The molecule has 0 aromatic heterocycles. The summed E-state index contributed by atoms with van der Waals surface area (Å²) in [5.41, 5.74) is -0.228. The van der Waals surface area contributed by atoms with Crippen LogP contribution in [0.4, 0.5) is 5.69 Å². The van der Waals surface area contributed by atoms with Gasteiger partial charge in [0.15, 0.2) is 5.60 Å². The molecule has 3 N–H and O–H groups in total. The van der Waals surface area contributed by atoms with E-state index in [0.717, 1.165) is 18.2 Å².